The number of aromatic amines is 1. The van der Waals surface area contributed by atoms with Crippen LogP contribution >= 0.6 is 11.6 Å². The Labute approximate surface area is 218 Å². The van der Waals surface area contributed by atoms with Crippen molar-refractivity contribution in [2.24, 2.45) is 10.9 Å². The fourth-order valence-electron chi connectivity index (χ4n) is 4.56. The van der Waals surface area contributed by atoms with Crippen LogP contribution in [-0.2, 0) is 22.6 Å². The van der Waals surface area contributed by atoms with Crippen molar-refractivity contribution in [3.63, 3.8) is 0 Å². The summed E-state index contributed by atoms with van der Waals surface area (Å²) in [5, 5.41) is 13.4. The van der Waals surface area contributed by atoms with E-state index >= 15 is 0 Å². The maximum Gasteiger partial charge on any atom is 0.341 e. The molecule has 184 valence electrons. The molecule has 1 aliphatic rings. The van der Waals surface area contributed by atoms with Crippen molar-refractivity contribution < 1.29 is 14.3 Å². The number of ether oxygens (including phenoxy) is 1. The van der Waals surface area contributed by atoms with Gasteiger partial charge in [0, 0.05) is 34.1 Å². The number of H-pyrrole nitrogens is 1. The van der Waals surface area contributed by atoms with Crippen LogP contribution in [-0.4, -0.2) is 27.7 Å². The van der Waals surface area contributed by atoms with E-state index in [1.807, 2.05) is 24.3 Å². The first-order chi connectivity index (χ1) is 18.0. The molecule has 8 nitrogen and oxygen atoms in total. The summed E-state index contributed by atoms with van der Waals surface area (Å²) in [6.07, 6.45) is 4.26. The molecule has 5 rings (SSSR count). The second kappa shape index (κ2) is 10.6. The lowest BCUT2D eigenvalue weighted by atomic mass is 9.85. The minimum atomic E-state index is -0.862. The highest BCUT2D eigenvalue weighted by Crippen LogP contribution is 2.34. The van der Waals surface area contributed by atoms with Crippen molar-refractivity contribution in [2.45, 2.75) is 25.5 Å². The van der Waals surface area contributed by atoms with Crippen LogP contribution in [0.5, 0.6) is 0 Å². The Morgan fingerprint density at radius 2 is 1.97 bits per heavy atom. The Bertz CT molecular complexity index is 1550. The molecule has 0 fully saturated rings. The molecule has 0 bridgehead atoms. The van der Waals surface area contributed by atoms with E-state index in [-0.39, 0.29) is 6.61 Å². The summed E-state index contributed by atoms with van der Waals surface area (Å²) in [4.78, 5) is 37.9. The third kappa shape index (κ3) is 5.22. The molecule has 0 aliphatic carbocycles. The zero-order valence-electron chi connectivity index (χ0n) is 19.6. The van der Waals surface area contributed by atoms with Crippen molar-refractivity contribution in [1.29, 1.82) is 5.26 Å². The van der Waals surface area contributed by atoms with Gasteiger partial charge >= 0.3 is 12.0 Å². The summed E-state index contributed by atoms with van der Waals surface area (Å²) in [5.41, 5.74) is 3.84. The topological polar surface area (TPSA) is 120 Å². The molecule has 2 amide bonds. The quantitative estimate of drug-likeness (QED) is 0.327. The van der Waals surface area contributed by atoms with Crippen LogP contribution in [0.2, 0.25) is 5.02 Å². The molecule has 3 heterocycles. The number of amides is 2. The summed E-state index contributed by atoms with van der Waals surface area (Å²) >= 11 is 6.34. The second-order valence-corrected chi connectivity index (χ2v) is 9.07. The van der Waals surface area contributed by atoms with Gasteiger partial charge in [0.05, 0.1) is 17.7 Å². The van der Waals surface area contributed by atoms with Crippen LogP contribution in [0.1, 0.15) is 34.7 Å². The molecule has 2 N–H and O–H groups in total. The molecule has 0 saturated carbocycles. The van der Waals surface area contributed by atoms with E-state index in [4.69, 9.17) is 16.3 Å². The van der Waals surface area contributed by atoms with E-state index in [9.17, 15) is 14.9 Å². The number of carbonyl (C=O) groups excluding carboxylic acids is 2. The molecule has 4 aromatic rings. The van der Waals surface area contributed by atoms with Crippen molar-refractivity contribution >= 4 is 40.3 Å². The highest BCUT2D eigenvalue weighted by atomic mass is 35.5. The summed E-state index contributed by atoms with van der Waals surface area (Å²) in [6, 6.07) is 18.8. The van der Waals surface area contributed by atoms with Crippen molar-refractivity contribution in [1.82, 2.24) is 15.3 Å². The second-order valence-electron chi connectivity index (χ2n) is 8.66. The number of rotatable bonds is 7. The maximum atomic E-state index is 13.6. The van der Waals surface area contributed by atoms with Crippen molar-refractivity contribution in [3.05, 3.63) is 100 Å². The Morgan fingerprint density at radius 3 is 2.81 bits per heavy atom. The molecule has 0 saturated heterocycles. The van der Waals surface area contributed by atoms with Crippen LogP contribution in [0.4, 0.5) is 4.79 Å². The number of benzene rings is 2. The number of halogens is 1. The molecule has 2 atom stereocenters. The van der Waals surface area contributed by atoms with Gasteiger partial charge in [-0.1, -0.05) is 41.9 Å². The predicted molar refractivity (Wildman–Crippen MR) is 139 cm³/mol. The van der Waals surface area contributed by atoms with Crippen LogP contribution in [0.15, 0.2) is 78.0 Å². The van der Waals surface area contributed by atoms with E-state index in [2.05, 4.69) is 26.3 Å². The predicted octanol–water partition coefficient (Wildman–Crippen LogP) is 5.29. The van der Waals surface area contributed by atoms with Gasteiger partial charge in [-0.2, -0.15) is 5.26 Å². The molecule has 2 aromatic heterocycles. The van der Waals surface area contributed by atoms with E-state index in [0.717, 1.165) is 16.5 Å². The normalized spacial score (nSPS) is 17.1. The SMILES string of the molecule is N#Cc1cccc(COC(=O)C2C(CCc3ccccc3Cl)=NC(=O)NC2c2c[nH]c3ncccc23)c1. The lowest BCUT2D eigenvalue weighted by Crippen LogP contribution is -2.45. The summed E-state index contributed by atoms with van der Waals surface area (Å²) < 4.78 is 5.72. The molecular formula is C28H22ClN5O3. The van der Waals surface area contributed by atoms with Gasteiger partial charge in [0.25, 0.3) is 0 Å². The van der Waals surface area contributed by atoms with Gasteiger partial charge in [0.1, 0.15) is 18.2 Å². The highest BCUT2D eigenvalue weighted by Gasteiger charge is 2.40. The number of aliphatic imine (C=N–C) groups is 1. The van der Waals surface area contributed by atoms with Gasteiger partial charge in [-0.3, -0.25) is 4.79 Å². The Morgan fingerprint density at radius 1 is 1.11 bits per heavy atom. The third-order valence-electron chi connectivity index (χ3n) is 6.33. The lowest BCUT2D eigenvalue weighted by molar-refractivity contribution is -0.148. The number of aromatic nitrogens is 2. The molecule has 9 heteroatoms. The first-order valence-electron chi connectivity index (χ1n) is 11.7. The number of urea groups is 1. The Hall–Kier alpha value is -4.48. The molecule has 1 aliphatic heterocycles. The summed E-state index contributed by atoms with van der Waals surface area (Å²) in [6.45, 7) is -0.0151. The number of nitrogens with zero attached hydrogens (tertiary/aromatic N) is 3. The fraction of sp³-hybridized carbons (Fsp3) is 0.179. The molecular weight excluding hydrogens is 490 g/mol. The largest absolute Gasteiger partial charge is 0.460 e. The third-order valence-corrected chi connectivity index (χ3v) is 6.70. The summed E-state index contributed by atoms with van der Waals surface area (Å²) in [7, 11) is 0. The number of nitriles is 1. The van der Waals surface area contributed by atoms with E-state index in [1.165, 1.54) is 0 Å². The summed E-state index contributed by atoms with van der Waals surface area (Å²) in [5.74, 6) is -1.39. The Balaban J connectivity index is 1.47. The number of aryl methyl sites for hydroxylation is 1. The van der Waals surface area contributed by atoms with Gasteiger partial charge in [-0.15, -0.1) is 0 Å². The number of hydrogen-bond donors (Lipinski definition) is 2. The first kappa shape index (κ1) is 24.2. The van der Waals surface area contributed by atoms with Gasteiger partial charge in [-0.05, 0) is 54.3 Å². The zero-order valence-corrected chi connectivity index (χ0v) is 20.4. The van der Waals surface area contributed by atoms with E-state index < -0.39 is 24.0 Å². The first-order valence-corrected chi connectivity index (χ1v) is 12.1. The van der Waals surface area contributed by atoms with Gasteiger partial charge in [-0.25, -0.2) is 14.8 Å². The number of esters is 1. The van der Waals surface area contributed by atoms with Crippen LogP contribution < -0.4 is 5.32 Å². The van der Waals surface area contributed by atoms with Gasteiger partial charge < -0.3 is 15.0 Å². The average molecular weight is 512 g/mol. The van der Waals surface area contributed by atoms with Crippen LogP contribution in [0.3, 0.4) is 0 Å². The smallest absolute Gasteiger partial charge is 0.341 e. The standard InChI is InChI=1S/C28H22ClN5O3/c29-22-9-2-1-7-19(22)10-11-23-24(27(35)37-16-18-6-3-5-17(13-18)14-30)25(34-28(36)33-23)21-15-32-26-20(21)8-4-12-31-26/h1-9,12-13,15,24-25H,10-11,16H2,(H,31,32)(H,34,36). The zero-order chi connectivity index (χ0) is 25.8. The number of nitrogens with one attached hydrogen (secondary N) is 2. The molecule has 37 heavy (non-hydrogen) atoms. The van der Waals surface area contributed by atoms with Crippen LogP contribution in [0, 0.1) is 17.2 Å². The monoisotopic (exact) mass is 511 g/mol. The van der Waals surface area contributed by atoms with Crippen molar-refractivity contribution in [2.75, 3.05) is 0 Å². The number of pyridine rings is 1. The van der Waals surface area contributed by atoms with E-state index in [1.54, 1.807) is 48.8 Å². The van der Waals surface area contributed by atoms with E-state index in [0.29, 0.717) is 40.4 Å². The molecule has 0 spiro atoms. The molecule has 2 unspecified atom stereocenters. The lowest BCUT2D eigenvalue weighted by Gasteiger charge is -2.30. The minimum absolute atomic E-state index is 0.0151. The number of hydrogen-bond acceptors (Lipinski definition) is 5. The molecule has 2 aromatic carbocycles. The van der Waals surface area contributed by atoms with Crippen molar-refractivity contribution in [3.8, 4) is 6.07 Å². The minimum Gasteiger partial charge on any atom is -0.460 e. The number of carbonyl (C=O) groups is 2. The van der Waals surface area contributed by atoms with Gasteiger partial charge in [0.15, 0.2) is 0 Å². The van der Waals surface area contributed by atoms with Crippen LogP contribution in [0.25, 0.3) is 11.0 Å². The van der Waals surface area contributed by atoms with Gasteiger partial charge in [0.2, 0.25) is 0 Å². The molecule has 0 radical (unpaired) electrons. The highest BCUT2D eigenvalue weighted by molar-refractivity contribution is 6.31. The average Bonchev–Trinajstić information content (AvgIpc) is 3.35. The fourth-order valence-corrected chi connectivity index (χ4v) is 4.79. The maximum absolute atomic E-state index is 13.6. The Kier molecular flexibility index (Phi) is 6.97. The number of fused-ring (bicyclic) bond motifs is 1.